The molecular weight excluding hydrogens is 408 g/mol. The van der Waals surface area contributed by atoms with Crippen LogP contribution in [0.15, 0.2) is 48.5 Å². The van der Waals surface area contributed by atoms with Crippen molar-refractivity contribution < 1.29 is 40.2 Å². The lowest BCUT2D eigenvalue weighted by Crippen LogP contribution is -2.24. The minimum Gasteiger partial charge on any atom is -0.504 e. The molecule has 3 aromatic carbocycles. The fraction of sp³-hybridized carbons (Fsp3) is 0.0476. The predicted octanol–water partition coefficient (Wildman–Crippen LogP) is 2.10. The van der Waals surface area contributed by atoms with Gasteiger partial charge in [-0.1, -0.05) is 18.2 Å². The summed E-state index contributed by atoms with van der Waals surface area (Å²) in [4.78, 5) is 24.8. The van der Waals surface area contributed by atoms with Crippen molar-refractivity contribution in [3.05, 3.63) is 65.2 Å². The number of carbonyl (C=O) groups is 2. The normalized spacial score (nSPS) is 10.5. The average Bonchev–Trinajstić information content (AvgIpc) is 2.74. The van der Waals surface area contributed by atoms with Crippen molar-refractivity contribution in [2.45, 2.75) is 6.54 Å². The zero-order valence-corrected chi connectivity index (χ0v) is 15.8. The van der Waals surface area contributed by atoms with Crippen molar-refractivity contribution in [2.24, 2.45) is 0 Å². The Hall–Kier alpha value is -4.60. The Morgan fingerprint density at radius 2 is 1.13 bits per heavy atom. The number of nitrogens with one attached hydrogen (secondary N) is 2. The number of para-hydroxylation sites is 1. The standard InChI is InChI=1S/C21H18N2O8/c24-14-5-11(6-15(25)18(14)28)20(30)22-9-10-3-1-2-4-13(10)23-21(31)12-7-16(26)19(29)17(27)8-12/h1-8,24-29H,9H2,(H,22,30)(H,23,31). The van der Waals surface area contributed by atoms with Crippen molar-refractivity contribution in [1.82, 2.24) is 5.32 Å². The summed E-state index contributed by atoms with van der Waals surface area (Å²) in [7, 11) is 0. The molecule has 0 saturated carbocycles. The Balaban J connectivity index is 1.75. The zero-order valence-electron chi connectivity index (χ0n) is 15.8. The molecule has 3 aromatic rings. The van der Waals surface area contributed by atoms with Gasteiger partial charge in [-0.3, -0.25) is 9.59 Å². The van der Waals surface area contributed by atoms with Gasteiger partial charge in [-0.05, 0) is 35.9 Å². The highest BCUT2D eigenvalue weighted by Crippen LogP contribution is 2.36. The maximum absolute atomic E-state index is 12.5. The number of rotatable bonds is 5. The Morgan fingerprint density at radius 1 is 0.677 bits per heavy atom. The van der Waals surface area contributed by atoms with Gasteiger partial charge in [0.05, 0.1) is 0 Å². The van der Waals surface area contributed by atoms with E-state index in [-0.39, 0.29) is 17.7 Å². The quantitative estimate of drug-likeness (QED) is 0.286. The molecule has 0 saturated heterocycles. The van der Waals surface area contributed by atoms with Gasteiger partial charge in [0.15, 0.2) is 34.5 Å². The first kappa shape index (κ1) is 21.1. The van der Waals surface area contributed by atoms with E-state index >= 15 is 0 Å². The monoisotopic (exact) mass is 426 g/mol. The van der Waals surface area contributed by atoms with E-state index in [4.69, 9.17) is 0 Å². The molecule has 0 aromatic heterocycles. The molecule has 160 valence electrons. The Bertz CT molecular complexity index is 1130. The minimum absolute atomic E-state index is 0.0379. The second-order valence-corrected chi connectivity index (χ2v) is 6.52. The number of amides is 2. The van der Waals surface area contributed by atoms with Crippen molar-refractivity contribution in [3.63, 3.8) is 0 Å². The fourth-order valence-electron chi connectivity index (χ4n) is 2.74. The molecule has 0 bridgehead atoms. The van der Waals surface area contributed by atoms with E-state index < -0.39 is 46.3 Å². The van der Waals surface area contributed by atoms with Crippen LogP contribution >= 0.6 is 0 Å². The first-order valence-electron chi connectivity index (χ1n) is 8.84. The third-order valence-corrected chi connectivity index (χ3v) is 4.37. The van der Waals surface area contributed by atoms with Crippen LogP contribution in [0.3, 0.4) is 0 Å². The van der Waals surface area contributed by atoms with Gasteiger partial charge >= 0.3 is 0 Å². The molecule has 8 N–H and O–H groups in total. The maximum Gasteiger partial charge on any atom is 0.255 e. The molecule has 0 unspecified atom stereocenters. The Labute approximate surface area is 175 Å². The molecule has 0 fully saturated rings. The van der Waals surface area contributed by atoms with Gasteiger partial charge in [-0.15, -0.1) is 0 Å². The van der Waals surface area contributed by atoms with Gasteiger partial charge in [0, 0.05) is 23.4 Å². The van der Waals surface area contributed by atoms with Crippen LogP contribution in [0.25, 0.3) is 0 Å². The molecule has 31 heavy (non-hydrogen) atoms. The van der Waals surface area contributed by atoms with Crippen LogP contribution in [0.4, 0.5) is 5.69 Å². The molecule has 3 rings (SSSR count). The number of hydrogen-bond donors (Lipinski definition) is 8. The first-order chi connectivity index (χ1) is 14.7. The van der Waals surface area contributed by atoms with Crippen LogP contribution in [0.2, 0.25) is 0 Å². The van der Waals surface area contributed by atoms with Crippen LogP contribution < -0.4 is 10.6 Å². The van der Waals surface area contributed by atoms with Crippen LogP contribution in [0.1, 0.15) is 26.3 Å². The predicted molar refractivity (Wildman–Crippen MR) is 108 cm³/mol. The van der Waals surface area contributed by atoms with Gasteiger partial charge in [-0.25, -0.2) is 0 Å². The number of aromatic hydroxyl groups is 6. The number of benzene rings is 3. The third kappa shape index (κ3) is 4.53. The largest absolute Gasteiger partial charge is 0.504 e. The number of phenolic OH excluding ortho intramolecular Hbond substituents is 6. The smallest absolute Gasteiger partial charge is 0.255 e. The van der Waals surface area contributed by atoms with Crippen molar-refractivity contribution >= 4 is 17.5 Å². The Morgan fingerprint density at radius 3 is 1.65 bits per heavy atom. The SMILES string of the molecule is O=C(NCc1ccccc1NC(=O)c1cc(O)c(O)c(O)c1)c1cc(O)c(O)c(O)c1. The first-order valence-corrected chi connectivity index (χ1v) is 8.84. The van der Waals surface area contributed by atoms with E-state index in [0.29, 0.717) is 11.3 Å². The second kappa shape index (κ2) is 8.41. The lowest BCUT2D eigenvalue weighted by atomic mass is 10.1. The minimum atomic E-state index is -0.744. The summed E-state index contributed by atoms with van der Waals surface area (Å²) in [5.41, 5.74) is 0.631. The van der Waals surface area contributed by atoms with E-state index in [1.54, 1.807) is 24.3 Å². The summed E-state index contributed by atoms with van der Waals surface area (Å²) in [6.07, 6.45) is 0. The summed E-state index contributed by atoms with van der Waals surface area (Å²) in [6.45, 7) is -0.0379. The summed E-state index contributed by atoms with van der Waals surface area (Å²) >= 11 is 0. The Kier molecular flexibility index (Phi) is 5.73. The molecule has 0 heterocycles. The highest BCUT2D eigenvalue weighted by molar-refractivity contribution is 6.05. The molecule has 0 atom stereocenters. The van der Waals surface area contributed by atoms with E-state index in [1.807, 2.05) is 0 Å². The van der Waals surface area contributed by atoms with Gasteiger partial charge < -0.3 is 41.3 Å². The van der Waals surface area contributed by atoms with E-state index in [1.165, 1.54) is 0 Å². The molecule has 0 aliphatic rings. The van der Waals surface area contributed by atoms with Gasteiger partial charge in [-0.2, -0.15) is 0 Å². The van der Waals surface area contributed by atoms with Gasteiger partial charge in [0.1, 0.15) is 0 Å². The molecule has 0 aliphatic heterocycles. The topological polar surface area (TPSA) is 180 Å². The lowest BCUT2D eigenvalue weighted by Gasteiger charge is -2.13. The molecule has 0 spiro atoms. The van der Waals surface area contributed by atoms with E-state index in [2.05, 4.69) is 10.6 Å². The lowest BCUT2D eigenvalue weighted by molar-refractivity contribution is 0.0949. The average molecular weight is 426 g/mol. The number of hydrogen-bond acceptors (Lipinski definition) is 8. The summed E-state index contributed by atoms with van der Waals surface area (Å²) in [5.74, 6) is -5.45. The van der Waals surface area contributed by atoms with Gasteiger partial charge in [0.25, 0.3) is 11.8 Å². The zero-order chi connectivity index (χ0) is 22.7. The number of anilines is 1. The van der Waals surface area contributed by atoms with Crippen molar-refractivity contribution in [3.8, 4) is 34.5 Å². The second-order valence-electron chi connectivity index (χ2n) is 6.52. The number of carbonyl (C=O) groups excluding carboxylic acids is 2. The van der Waals surface area contributed by atoms with Gasteiger partial charge in [0.2, 0.25) is 0 Å². The maximum atomic E-state index is 12.5. The van der Waals surface area contributed by atoms with Crippen LogP contribution in [-0.2, 0) is 6.54 Å². The molecule has 2 amide bonds. The highest BCUT2D eigenvalue weighted by Gasteiger charge is 2.16. The molecule has 10 nitrogen and oxygen atoms in total. The van der Waals surface area contributed by atoms with Crippen molar-refractivity contribution in [2.75, 3.05) is 5.32 Å². The van der Waals surface area contributed by atoms with E-state index in [9.17, 15) is 40.2 Å². The summed E-state index contributed by atoms with van der Waals surface area (Å²) < 4.78 is 0. The van der Waals surface area contributed by atoms with E-state index in [0.717, 1.165) is 24.3 Å². The van der Waals surface area contributed by atoms with Crippen LogP contribution in [0, 0.1) is 0 Å². The highest BCUT2D eigenvalue weighted by atomic mass is 16.3. The summed E-state index contributed by atoms with van der Waals surface area (Å²) in [5, 5.41) is 62.1. The van der Waals surface area contributed by atoms with Crippen LogP contribution in [0.5, 0.6) is 34.5 Å². The molecule has 0 aliphatic carbocycles. The molecule has 0 radical (unpaired) electrons. The molecule has 10 heteroatoms. The fourth-order valence-corrected chi connectivity index (χ4v) is 2.74. The number of phenols is 6. The van der Waals surface area contributed by atoms with Crippen LogP contribution in [-0.4, -0.2) is 42.5 Å². The summed E-state index contributed by atoms with van der Waals surface area (Å²) in [6, 6.07) is 10.5. The molecular formula is C21H18N2O8. The van der Waals surface area contributed by atoms with Crippen molar-refractivity contribution in [1.29, 1.82) is 0 Å². The third-order valence-electron chi connectivity index (χ3n) is 4.37.